The first kappa shape index (κ1) is 12.2. The normalized spacial score (nSPS) is 11.0. The molecule has 0 spiro atoms. The molecule has 0 saturated carbocycles. The Hall–Kier alpha value is -1.88. The van der Waals surface area contributed by atoms with Crippen LogP contribution in [0, 0.1) is 0 Å². The maximum atomic E-state index is 11.6. The molecule has 0 radical (unpaired) electrons. The minimum Gasteiger partial charge on any atom is -0.394 e. The van der Waals surface area contributed by atoms with Crippen molar-refractivity contribution in [2.45, 2.75) is 6.92 Å². The highest BCUT2D eigenvalue weighted by Gasteiger charge is 2.06. The van der Waals surface area contributed by atoms with Crippen LogP contribution in [-0.4, -0.2) is 24.8 Å². The van der Waals surface area contributed by atoms with Crippen LogP contribution in [0.15, 0.2) is 35.5 Å². The zero-order valence-electron chi connectivity index (χ0n) is 9.14. The van der Waals surface area contributed by atoms with Crippen LogP contribution in [0.2, 0.25) is 0 Å². The van der Waals surface area contributed by atoms with Crippen LogP contribution in [0.3, 0.4) is 0 Å². The topological polar surface area (TPSA) is 76.7 Å². The van der Waals surface area contributed by atoms with Gasteiger partial charge in [0.15, 0.2) is 0 Å². The van der Waals surface area contributed by atoms with Crippen LogP contribution < -0.4 is 11.1 Å². The molecule has 0 saturated heterocycles. The minimum absolute atomic E-state index is 0.261. The van der Waals surface area contributed by atoms with Gasteiger partial charge in [-0.15, -0.1) is 0 Å². The van der Waals surface area contributed by atoms with Gasteiger partial charge in [0.05, 0.1) is 0 Å². The summed E-state index contributed by atoms with van der Waals surface area (Å²) in [6, 6.07) is 9.15. The van der Waals surface area contributed by atoms with E-state index in [4.69, 9.17) is 10.6 Å². The van der Waals surface area contributed by atoms with Gasteiger partial charge in [-0.1, -0.05) is 23.4 Å². The average molecular weight is 221 g/mol. The highest BCUT2D eigenvalue weighted by Crippen LogP contribution is 2.04. The minimum atomic E-state index is -0.289. The van der Waals surface area contributed by atoms with Gasteiger partial charge in [-0.3, -0.25) is 4.79 Å². The Balaban J connectivity index is 2.49. The van der Waals surface area contributed by atoms with Gasteiger partial charge in [0.25, 0.3) is 5.91 Å². The first-order valence-electron chi connectivity index (χ1n) is 4.97. The first-order chi connectivity index (χ1) is 7.74. The molecule has 1 aromatic rings. The summed E-state index contributed by atoms with van der Waals surface area (Å²) in [5, 5.41) is 6.32. The molecular formula is C11H15N3O2. The second-order valence-electron chi connectivity index (χ2n) is 3.12. The fourth-order valence-electron chi connectivity index (χ4n) is 0.980. The van der Waals surface area contributed by atoms with E-state index in [1.807, 2.05) is 18.2 Å². The summed E-state index contributed by atoms with van der Waals surface area (Å²) in [6.45, 7) is 2.25. The molecule has 0 heterocycles. The van der Waals surface area contributed by atoms with Crippen molar-refractivity contribution in [3.63, 3.8) is 0 Å². The molecule has 86 valence electrons. The Morgan fingerprint density at radius 2 is 2.12 bits per heavy atom. The van der Waals surface area contributed by atoms with Crippen molar-refractivity contribution in [1.82, 2.24) is 0 Å². The number of oxime groups is 1. The number of carbonyl (C=O) groups is 1. The van der Waals surface area contributed by atoms with Crippen molar-refractivity contribution >= 4 is 17.3 Å². The highest BCUT2D eigenvalue weighted by atomic mass is 16.6. The van der Waals surface area contributed by atoms with Crippen molar-refractivity contribution in [2.24, 2.45) is 10.9 Å². The fourth-order valence-corrected chi connectivity index (χ4v) is 0.980. The van der Waals surface area contributed by atoms with Crippen molar-refractivity contribution < 1.29 is 9.63 Å². The van der Waals surface area contributed by atoms with E-state index < -0.39 is 0 Å². The summed E-state index contributed by atoms with van der Waals surface area (Å²) < 4.78 is 0. The Morgan fingerprint density at radius 3 is 2.75 bits per heavy atom. The molecule has 1 rings (SSSR count). The van der Waals surface area contributed by atoms with E-state index >= 15 is 0 Å². The van der Waals surface area contributed by atoms with Crippen molar-refractivity contribution in [3.8, 4) is 0 Å². The van der Waals surface area contributed by atoms with Crippen LogP contribution in [-0.2, 0) is 9.63 Å². The summed E-state index contributed by atoms with van der Waals surface area (Å²) in [7, 11) is 0. The molecule has 0 bridgehead atoms. The SMILES string of the molecule is C/C(=N\OCCN)C(=O)Nc1ccccc1. The molecular weight excluding hydrogens is 206 g/mol. The molecule has 0 fully saturated rings. The van der Waals surface area contributed by atoms with Gasteiger partial charge in [-0.25, -0.2) is 0 Å². The van der Waals surface area contributed by atoms with E-state index in [1.54, 1.807) is 19.1 Å². The van der Waals surface area contributed by atoms with E-state index in [-0.39, 0.29) is 11.6 Å². The Labute approximate surface area is 94.3 Å². The number of nitrogens with two attached hydrogens (primary N) is 1. The molecule has 16 heavy (non-hydrogen) atoms. The maximum absolute atomic E-state index is 11.6. The highest BCUT2D eigenvalue weighted by molar-refractivity contribution is 6.42. The number of benzene rings is 1. The van der Waals surface area contributed by atoms with Gasteiger partial charge < -0.3 is 15.9 Å². The third-order valence-corrected chi connectivity index (χ3v) is 1.77. The van der Waals surface area contributed by atoms with Gasteiger partial charge in [-0.2, -0.15) is 0 Å². The van der Waals surface area contributed by atoms with Gasteiger partial charge in [0, 0.05) is 12.2 Å². The molecule has 0 atom stereocenters. The second kappa shape index (κ2) is 6.58. The van der Waals surface area contributed by atoms with Gasteiger partial charge in [0.1, 0.15) is 12.3 Å². The summed E-state index contributed by atoms with van der Waals surface area (Å²) in [5.41, 5.74) is 6.20. The summed E-state index contributed by atoms with van der Waals surface area (Å²) in [4.78, 5) is 16.4. The number of rotatable bonds is 5. The predicted molar refractivity (Wildman–Crippen MR) is 63.2 cm³/mol. The van der Waals surface area contributed by atoms with Crippen molar-refractivity contribution in [2.75, 3.05) is 18.5 Å². The van der Waals surface area contributed by atoms with Gasteiger partial charge >= 0.3 is 0 Å². The lowest BCUT2D eigenvalue weighted by Crippen LogP contribution is -2.20. The number of amides is 1. The number of para-hydroxylation sites is 1. The van der Waals surface area contributed by atoms with E-state index in [0.717, 1.165) is 5.69 Å². The van der Waals surface area contributed by atoms with E-state index in [1.165, 1.54) is 0 Å². The second-order valence-corrected chi connectivity index (χ2v) is 3.12. The van der Waals surface area contributed by atoms with Crippen molar-refractivity contribution in [3.05, 3.63) is 30.3 Å². The smallest absolute Gasteiger partial charge is 0.273 e. The molecule has 1 aromatic carbocycles. The lowest BCUT2D eigenvalue weighted by molar-refractivity contribution is -0.110. The number of hydrogen-bond donors (Lipinski definition) is 2. The van der Waals surface area contributed by atoms with Gasteiger partial charge in [0.2, 0.25) is 0 Å². The molecule has 0 aromatic heterocycles. The Kier molecular flexibility index (Phi) is 5.01. The lowest BCUT2D eigenvalue weighted by Gasteiger charge is -2.04. The Bertz CT molecular complexity index is 363. The molecule has 0 aliphatic heterocycles. The number of hydrogen-bond acceptors (Lipinski definition) is 4. The number of carbonyl (C=O) groups excluding carboxylic acids is 1. The molecule has 3 N–H and O–H groups in total. The van der Waals surface area contributed by atoms with E-state index in [0.29, 0.717) is 13.2 Å². The molecule has 0 aliphatic rings. The molecule has 5 nitrogen and oxygen atoms in total. The molecule has 0 aliphatic carbocycles. The lowest BCUT2D eigenvalue weighted by atomic mass is 10.3. The molecule has 1 amide bonds. The summed E-state index contributed by atoms with van der Waals surface area (Å²) in [6.07, 6.45) is 0. The van der Waals surface area contributed by atoms with Crippen LogP contribution in [0.5, 0.6) is 0 Å². The summed E-state index contributed by atoms with van der Waals surface area (Å²) >= 11 is 0. The van der Waals surface area contributed by atoms with Crippen molar-refractivity contribution in [1.29, 1.82) is 0 Å². The average Bonchev–Trinajstić information content (AvgIpc) is 2.30. The maximum Gasteiger partial charge on any atom is 0.273 e. The fraction of sp³-hybridized carbons (Fsp3) is 0.273. The zero-order valence-corrected chi connectivity index (χ0v) is 9.14. The summed E-state index contributed by atoms with van der Waals surface area (Å²) in [5.74, 6) is -0.289. The molecule has 5 heteroatoms. The molecule has 0 unspecified atom stereocenters. The van der Waals surface area contributed by atoms with E-state index in [9.17, 15) is 4.79 Å². The van der Waals surface area contributed by atoms with E-state index in [2.05, 4.69) is 10.5 Å². The number of anilines is 1. The van der Waals surface area contributed by atoms with Crippen LogP contribution in [0.25, 0.3) is 0 Å². The van der Waals surface area contributed by atoms with Crippen LogP contribution >= 0.6 is 0 Å². The quantitative estimate of drug-likeness (QED) is 0.442. The Morgan fingerprint density at radius 1 is 1.44 bits per heavy atom. The largest absolute Gasteiger partial charge is 0.394 e. The number of nitrogens with one attached hydrogen (secondary N) is 1. The van der Waals surface area contributed by atoms with Crippen LogP contribution in [0.4, 0.5) is 5.69 Å². The third kappa shape index (κ3) is 4.10. The zero-order chi connectivity index (χ0) is 11.8. The van der Waals surface area contributed by atoms with Crippen LogP contribution in [0.1, 0.15) is 6.92 Å². The third-order valence-electron chi connectivity index (χ3n) is 1.77. The first-order valence-corrected chi connectivity index (χ1v) is 4.97. The predicted octanol–water partition coefficient (Wildman–Crippen LogP) is 0.976. The standard InChI is InChI=1S/C11H15N3O2/c1-9(14-16-8-7-12)11(15)13-10-5-3-2-4-6-10/h2-6H,7-8,12H2,1H3,(H,13,15)/b14-9+. The van der Waals surface area contributed by atoms with Gasteiger partial charge in [-0.05, 0) is 19.1 Å². The number of nitrogens with zero attached hydrogens (tertiary/aromatic N) is 1. The monoisotopic (exact) mass is 221 g/mol.